The Morgan fingerprint density at radius 1 is 0.920 bits per heavy atom. The maximum absolute atomic E-state index is 11.4. The minimum atomic E-state index is -0.838. The van der Waals surface area contributed by atoms with E-state index in [0.29, 0.717) is 0 Å². The number of likely N-dealkylation sites (tertiary alicyclic amines) is 1. The normalized spacial score (nSPS) is 36.1. The molecular formula is C23H31NO. The van der Waals surface area contributed by atoms with Gasteiger partial charge in [-0.25, -0.2) is 0 Å². The van der Waals surface area contributed by atoms with Crippen molar-refractivity contribution in [2.45, 2.75) is 69.4 Å². The van der Waals surface area contributed by atoms with Gasteiger partial charge >= 0.3 is 0 Å². The lowest BCUT2D eigenvalue weighted by Gasteiger charge is -2.49. The minimum Gasteiger partial charge on any atom is -0.376 e. The summed E-state index contributed by atoms with van der Waals surface area (Å²) in [4.78, 5) is 2.60. The average Bonchev–Trinajstić information content (AvgIpc) is 2.67. The van der Waals surface area contributed by atoms with E-state index in [1.54, 1.807) is 0 Å². The standard InChI is InChI=1S/C23H31NO/c25-23(16-13-19-8-2-1-3-9-19)15-7-6-12-22(23)24-17-14-20-10-4-5-11-21(20)18-24/h1-3,8-9,20-22,25H,4-7,10-12,14-15,17-18H2/t20-,21-,22-,23+/m0/s1. The highest BCUT2D eigenvalue weighted by atomic mass is 16.3. The van der Waals surface area contributed by atoms with E-state index in [2.05, 4.69) is 16.7 Å². The molecule has 0 amide bonds. The first kappa shape index (κ1) is 17.1. The Hall–Kier alpha value is -1.30. The van der Waals surface area contributed by atoms with E-state index in [0.717, 1.165) is 43.2 Å². The van der Waals surface area contributed by atoms with Gasteiger partial charge in [-0.05, 0) is 62.6 Å². The van der Waals surface area contributed by atoms with E-state index < -0.39 is 5.60 Å². The van der Waals surface area contributed by atoms with Crippen LogP contribution in [0.5, 0.6) is 0 Å². The van der Waals surface area contributed by atoms with Gasteiger partial charge in [0.1, 0.15) is 5.60 Å². The van der Waals surface area contributed by atoms with Gasteiger partial charge in [0.05, 0.1) is 0 Å². The number of hydrogen-bond acceptors (Lipinski definition) is 2. The SMILES string of the molecule is O[C@@]1(C#Cc2ccccc2)CCCC[C@@H]1N1CC[C@@H]2CCCC[C@H]2C1. The van der Waals surface area contributed by atoms with E-state index in [4.69, 9.17) is 0 Å². The molecule has 25 heavy (non-hydrogen) atoms. The van der Waals surface area contributed by atoms with Crippen LogP contribution in [0.3, 0.4) is 0 Å². The zero-order chi connectivity index (χ0) is 17.1. The number of piperidine rings is 1. The molecule has 1 aromatic rings. The molecule has 0 bridgehead atoms. The molecule has 3 aliphatic rings. The molecule has 0 aromatic heterocycles. The maximum Gasteiger partial charge on any atom is 0.141 e. The van der Waals surface area contributed by atoms with E-state index in [1.165, 1.54) is 45.1 Å². The Kier molecular flexibility index (Phi) is 5.15. The van der Waals surface area contributed by atoms with Gasteiger partial charge in [-0.1, -0.05) is 55.7 Å². The predicted octanol–water partition coefficient (Wildman–Crippen LogP) is 4.22. The summed E-state index contributed by atoms with van der Waals surface area (Å²) in [6.45, 7) is 2.34. The van der Waals surface area contributed by atoms with Gasteiger partial charge in [0.15, 0.2) is 0 Å². The van der Waals surface area contributed by atoms with Crippen molar-refractivity contribution in [1.82, 2.24) is 4.90 Å². The molecule has 134 valence electrons. The molecule has 1 saturated heterocycles. The van der Waals surface area contributed by atoms with Crippen molar-refractivity contribution in [2.75, 3.05) is 13.1 Å². The van der Waals surface area contributed by atoms with Gasteiger partial charge in [0.25, 0.3) is 0 Å². The number of hydrogen-bond donors (Lipinski definition) is 1. The van der Waals surface area contributed by atoms with Crippen LogP contribution in [0.1, 0.15) is 63.4 Å². The summed E-state index contributed by atoms with van der Waals surface area (Å²) in [6.07, 6.45) is 11.2. The average molecular weight is 338 g/mol. The highest BCUT2D eigenvalue weighted by Crippen LogP contribution is 2.40. The number of fused-ring (bicyclic) bond motifs is 1. The van der Waals surface area contributed by atoms with Crippen molar-refractivity contribution in [3.63, 3.8) is 0 Å². The number of benzene rings is 1. The molecule has 0 spiro atoms. The Balaban J connectivity index is 1.51. The minimum absolute atomic E-state index is 0.223. The summed E-state index contributed by atoms with van der Waals surface area (Å²) >= 11 is 0. The Bertz CT molecular complexity index is 630. The smallest absolute Gasteiger partial charge is 0.141 e. The summed E-state index contributed by atoms with van der Waals surface area (Å²) in [7, 11) is 0. The third-order valence-corrected chi connectivity index (χ3v) is 6.80. The van der Waals surface area contributed by atoms with E-state index in [-0.39, 0.29) is 6.04 Å². The van der Waals surface area contributed by atoms with Crippen molar-refractivity contribution in [3.05, 3.63) is 35.9 Å². The zero-order valence-corrected chi connectivity index (χ0v) is 15.3. The maximum atomic E-state index is 11.4. The summed E-state index contributed by atoms with van der Waals surface area (Å²) in [5, 5.41) is 11.4. The number of nitrogens with zero attached hydrogens (tertiary/aromatic N) is 1. The molecule has 1 aromatic carbocycles. The van der Waals surface area contributed by atoms with Crippen LogP contribution in [0.2, 0.25) is 0 Å². The summed E-state index contributed by atoms with van der Waals surface area (Å²) in [5.74, 6) is 8.35. The van der Waals surface area contributed by atoms with E-state index >= 15 is 0 Å². The number of rotatable bonds is 1. The van der Waals surface area contributed by atoms with Crippen molar-refractivity contribution >= 4 is 0 Å². The molecular weight excluding hydrogens is 306 g/mol. The van der Waals surface area contributed by atoms with Crippen LogP contribution >= 0.6 is 0 Å². The molecule has 0 radical (unpaired) electrons. The highest BCUT2D eigenvalue weighted by molar-refractivity contribution is 5.37. The van der Waals surface area contributed by atoms with Gasteiger partial charge in [-0.3, -0.25) is 4.90 Å². The van der Waals surface area contributed by atoms with Crippen molar-refractivity contribution in [1.29, 1.82) is 0 Å². The molecule has 2 nitrogen and oxygen atoms in total. The second kappa shape index (κ2) is 7.52. The lowest BCUT2D eigenvalue weighted by atomic mass is 9.73. The third kappa shape index (κ3) is 3.78. The highest BCUT2D eigenvalue weighted by Gasteiger charge is 2.43. The molecule has 4 rings (SSSR count). The second-order valence-electron chi connectivity index (χ2n) is 8.39. The van der Waals surface area contributed by atoms with Gasteiger partial charge in [0, 0.05) is 18.2 Å². The van der Waals surface area contributed by atoms with Gasteiger partial charge in [-0.15, -0.1) is 0 Å². The van der Waals surface area contributed by atoms with Crippen LogP contribution < -0.4 is 0 Å². The molecule has 0 unspecified atom stereocenters. The van der Waals surface area contributed by atoms with Crippen molar-refractivity contribution in [2.24, 2.45) is 11.8 Å². The quantitative estimate of drug-likeness (QED) is 0.776. The van der Waals surface area contributed by atoms with Crippen LogP contribution in [-0.4, -0.2) is 34.7 Å². The van der Waals surface area contributed by atoms with Gasteiger partial charge in [-0.2, -0.15) is 0 Å². The topological polar surface area (TPSA) is 23.5 Å². The van der Waals surface area contributed by atoms with Crippen LogP contribution in [-0.2, 0) is 0 Å². The fraction of sp³-hybridized carbons (Fsp3) is 0.652. The Morgan fingerprint density at radius 2 is 1.68 bits per heavy atom. The fourth-order valence-corrected chi connectivity index (χ4v) is 5.38. The first-order valence-corrected chi connectivity index (χ1v) is 10.3. The van der Waals surface area contributed by atoms with E-state index in [9.17, 15) is 5.11 Å². The van der Waals surface area contributed by atoms with Crippen LogP contribution in [0, 0.1) is 23.7 Å². The Morgan fingerprint density at radius 3 is 2.52 bits per heavy atom. The summed E-state index contributed by atoms with van der Waals surface area (Å²) in [6, 6.07) is 10.3. The number of aliphatic hydroxyl groups is 1. The molecule has 1 aliphatic heterocycles. The molecule has 2 saturated carbocycles. The monoisotopic (exact) mass is 337 g/mol. The molecule has 1 heterocycles. The largest absolute Gasteiger partial charge is 0.376 e. The van der Waals surface area contributed by atoms with Crippen molar-refractivity contribution in [3.8, 4) is 11.8 Å². The van der Waals surface area contributed by atoms with Crippen LogP contribution in [0.4, 0.5) is 0 Å². The molecule has 2 heteroatoms. The fourth-order valence-electron chi connectivity index (χ4n) is 5.38. The molecule has 2 aliphatic carbocycles. The van der Waals surface area contributed by atoms with Crippen molar-refractivity contribution < 1.29 is 5.11 Å². The van der Waals surface area contributed by atoms with Crippen LogP contribution in [0.25, 0.3) is 0 Å². The lowest BCUT2D eigenvalue weighted by Crippen LogP contribution is -2.57. The molecule has 1 N–H and O–H groups in total. The second-order valence-corrected chi connectivity index (χ2v) is 8.39. The molecule has 3 fully saturated rings. The zero-order valence-electron chi connectivity index (χ0n) is 15.3. The first-order chi connectivity index (χ1) is 12.2. The lowest BCUT2D eigenvalue weighted by molar-refractivity contribution is -0.0568. The first-order valence-electron chi connectivity index (χ1n) is 10.3. The van der Waals surface area contributed by atoms with E-state index in [1.807, 2.05) is 30.3 Å². The third-order valence-electron chi connectivity index (χ3n) is 6.80. The summed E-state index contributed by atoms with van der Waals surface area (Å²) in [5.41, 5.74) is 0.168. The Labute approximate surface area is 152 Å². The summed E-state index contributed by atoms with van der Waals surface area (Å²) < 4.78 is 0. The van der Waals surface area contributed by atoms with Gasteiger partial charge in [0.2, 0.25) is 0 Å². The van der Waals surface area contributed by atoms with Crippen LogP contribution in [0.15, 0.2) is 30.3 Å². The molecule has 4 atom stereocenters. The van der Waals surface area contributed by atoms with Gasteiger partial charge < -0.3 is 5.11 Å². The predicted molar refractivity (Wildman–Crippen MR) is 102 cm³/mol.